The zero-order valence-corrected chi connectivity index (χ0v) is 11.5. The molecule has 0 unspecified atom stereocenters. The Morgan fingerprint density at radius 2 is 2.17 bits per heavy atom. The summed E-state index contributed by atoms with van der Waals surface area (Å²) in [7, 11) is 0. The van der Waals surface area contributed by atoms with Crippen molar-refractivity contribution in [3.63, 3.8) is 0 Å². The van der Waals surface area contributed by atoms with Crippen LogP contribution in [0.5, 0.6) is 0 Å². The fourth-order valence-electron chi connectivity index (χ4n) is 3.18. The summed E-state index contributed by atoms with van der Waals surface area (Å²) in [5.74, 6) is 1.46. The molecule has 2 bridgehead atoms. The van der Waals surface area contributed by atoms with Crippen molar-refractivity contribution < 1.29 is 4.79 Å². The molecule has 2 nitrogen and oxygen atoms in total. The van der Waals surface area contributed by atoms with Crippen molar-refractivity contribution in [1.29, 1.82) is 0 Å². The van der Waals surface area contributed by atoms with Crippen LogP contribution in [-0.4, -0.2) is 16.0 Å². The molecule has 0 saturated heterocycles. The fourth-order valence-corrected chi connectivity index (χ4v) is 5.77. The third kappa shape index (κ3) is 1.62. The zero-order chi connectivity index (χ0) is 12.1. The van der Waals surface area contributed by atoms with E-state index in [4.69, 9.17) is 0 Å². The number of thioether (sulfide) groups is 1. The summed E-state index contributed by atoms with van der Waals surface area (Å²) in [4.78, 5) is 16.8. The first kappa shape index (κ1) is 11.0. The van der Waals surface area contributed by atoms with Crippen LogP contribution >= 0.6 is 23.1 Å². The maximum Gasteiger partial charge on any atom is 0.151 e. The molecule has 4 heteroatoms. The van der Waals surface area contributed by atoms with Crippen molar-refractivity contribution in [1.82, 2.24) is 4.98 Å². The Bertz CT molecular complexity index is 588. The maximum atomic E-state index is 12.1. The molecule has 1 aromatic heterocycles. The molecule has 0 amide bonds. The van der Waals surface area contributed by atoms with Gasteiger partial charge in [-0.25, -0.2) is 4.98 Å². The number of rotatable bonds is 2. The highest BCUT2D eigenvalue weighted by molar-refractivity contribution is 8.02. The summed E-state index contributed by atoms with van der Waals surface area (Å²) < 4.78 is 2.28. The number of hydrogen-bond donors (Lipinski definition) is 0. The summed E-state index contributed by atoms with van der Waals surface area (Å²) in [5.41, 5.74) is 1.06. The Hall–Kier alpha value is -0.870. The summed E-state index contributed by atoms with van der Waals surface area (Å²) >= 11 is 3.42. The number of aromatic nitrogens is 1. The number of thiazole rings is 1. The third-order valence-electron chi connectivity index (χ3n) is 4.09. The molecule has 3 atom stereocenters. The molecule has 2 aliphatic rings. The molecular formula is C14H13NOS2. The van der Waals surface area contributed by atoms with Gasteiger partial charge in [0.05, 0.1) is 15.5 Å². The fraction of sp³-hybridized carbons (Fsp3) is 0.429. The second-order valence-electron chi connectivity index (χ2n) is 5.16. The molecule has 0 aliphatic heterocycles. The third-order valence-corrected chi connectivity index (χ3v) is 6.62. The van der Waals surface area contributed by atoms with Crippen molar-refractivity contribution in [3.05, 3.63) is 24.3 Å². The van der Waals surface area contributed by atoms with Gasteiger partial charge in [-0.2, -0.15) is 0 Å². The van der Waals surface area contributed by atoms with Gasteiger partial charge >= 0.3 is 0 Å². The molecule has 2 saturated carbocycles. The van der Waals surface area contributed by atoms with Crippen molar-refractivity contribution in [3.8, 4) is 0 Å². The summed E-state index contributed by atoms with van der Waals surface area (Å²) in [6, 6.07) is 8.19. The first-order valence-electron chi connectivity index (χ1n) is 6.37. The van der Waals surface area contributed by atoms with Gasteiger partial charge in [0.15, 0.2) is 4.34 Å². The van der Waals surface area contributed by atoms with Crippen LogP contribution < -0.4 is 0 Å². The molecular weight excluding hydrogens is 262 g/mol. The second kappa shape index (κ2) is 4.07. The van der Waals surface area contributed by atoms with Crippen LogP contribution in [0.15, 0.2) is 28.6 Å². The summed E-state index contributed by atoms with van der Waals surface area (Å²) in [6.07, 6.45) is 3.49. The molecule has 0 radical (unpaired) electrons. The lowest BCUT2D eigenvalue weighted by molar-refractivity contribution is -0.121. The molecule has 92 valence electrons. The Balaban J connectivity index is 1.63. The van der Waals surface area contributed by atoms with E-state index in [9.17, 15) is 4.79 Å². The molecule has 1 heterocycles. The lowest BCUT2D eigenvalue weighted by Crippen LogP contribution is -2.24. The van der Waals surface area contributed by atoms with E-state index in [0.29, 0.717) is 17.6 Å². The number of hydrogen-bond acceptors (Lipinski definition) is 4. The zero-order valence-electron chi connectivity index (χ0n) is 9.83. The monoisotopic (exact) mass is 275 g/mol. The van der Waals surface area contributed by atoms with Gasteiger partial charge in [0.25, 0.3) is 0 Å². The van der Waals surface area contributed by atoms with Crippen LogP contribution in [0, 0.1) is 11.8 Å². The number of ketones is 1. The number of carbonyl (C=O) groups is 1. The summed E-state index contributed by atoms with van der Waals surface area (Å²) in [6.45, 7) is 0. The lowest BCUT2D eigenvalue weighted by Gasteiger charge is -2.18. The van der Waals surface area contributed by atoms with Crippen LogP contribution in [0.2, 0.25) is 0 Å². The van der Waals surface area contributed by atoms with Crippen molar-refractivity contribution in [2.75, 3.05) is 0 Å². The molecule has 0 spiro atoms. The van der Waals surface area contributed by atoms with E-state index in [1.54, 1.807) is 23.1 Å². The largest absolute Gasteiger partial charge is 0.298 e. The Morgan fingerprint density at radius 3 is 2.94 bits per heavy atom. The van der Waals surface area contributed by atoms with E-state index < -0.39 is 0 Å². The SMILES string of the molecule is O=C1[C@H]2CC[C@H](C2)[C@@H]1Sc1nc2ccccc2s1. The lowest BCUT2D eigenvalue weighted by atomic mass is 9.99. The Labute approximate surface area is 114 Å². The van der Waals surface area contributed by atoms with E-state index >= 15 is 0 Å². The van der Waals surface area contributed by atoms with Gasteiger partial charge in [-0.3, -0.25) is 4.79 Å². The van der Waals surface area contributed by atoms with Gasteiger partial charge in [0.2, 0.25) is 0 Å². The minimum Gasteiger partial charge on any atom is -0.298 e. The predicted molar refractivity (Wildman–Crippen MR) is 75.1 cm³/mol. The molecule has 4 rings (SSSR count). The van der Waals surface area contributed by atoms with Gasteiger partial charge in [0.1, 0.15) is 5.78 Å². The number of benzene rings is 1. The van der Waals surface area contributed by atoms with Crippen LogP contribution in [0.1, 0.15) is 19.3 Å². The predicted octanol–water partition coefficient (Wildman–Crippen LogP) is 3.76. The smallest absolute Gasteiger partial charge is 0.151 e. The topological polar surface area (TPSA) is 30.0 Å². The van der Waals surface area contributed by atoms with Gasteiger partial charge in [0, 0.05) is 5.92 Å². The van der Waals surface area contributed by atoms with Gasteiger partial charge in [-0.1, -0.05) is 23.9 Å². The van der Waals surface area contributed by atoms with E-state index in [0.717, 1.165) is 22.7 Å². The van der Waals surface area contributed by atoms with Crippen molar-refractivity contribution >= 4 is 39.1 Å². The standard InChI is InChI=1S/C14H13NOS2/c16-12-8-5-6-9(7-8)13(12)18-14-15-10-3-1-2-4-11(10)17-14/h1-4,8-9,13H,5-7H2/t8-,9+,13-/m0/s1. The average molecular weight is 275 g/mol. The number of Topliss-reactive ketones (excluding diaryl/α,β-unsaturated/α-hetero) is 1. The van der Waals surface area contributed by atoms with Crippen LogP contribution in [0.4, 0.5) is 0 Å². The first-order chi connectivity index (χ1) is 8.81. The number of nitrogens with zero attached hydrogens (tertiary/aromatic N) is 1. The van der Waals surface area contributed by atoms with Crippen LogP contribution in [0.25, 0.3) is 10.2 Å². The number of carbonyl (C=O) groups excluding carboxylic acids is 1. The first-order valence-corrected chi connectivity index (χ1v) is 8.07. The highest BCUT2D eigenvalue weighted by Gasteiger charge is 2.47. The minimum absolute atomic E-state index is 0.185. The Morgan fingerprint density at radius 1 is 1.28 bits per heavy atom. The number of para-hydroxylation sites is 1. The number of fused-ring (bicyclic) bond motifs is 3. The van der Waals surface area contributed by atoms with E-state index in [1.165, 1.54) is 11.1 Å². The quantitative estimate of drug-likeness (QED) is 0.836. The van der Waals surface area contributed by atoms with E-state index in [2.05, 4.69) is 11.1 Å². The molecule has 0 N–H and O–H groups in total. The minimum atomic E-state index is 0.185. The van der Waals surface area contributed by atoms with E-state index in [-0.39, 0.29) is 5.25 Å². The van der Waals surface area contributed by atoms with Crippen LogP contribution in [0.3, 0.4) is 0 Å². The summed E-state index contributed by atoms with van der Waals surface area (Å²) in [5, 5.41) is 0.185. The van der Waals surface area contributed by atoms with Gasteiger partial charge < -0.3 is 0 Å². The molecule has 2 fully saturated rings. The van der Waals surface area contributed by atoms with Crippen LogP contribution in [-0.2, 0) is 4.79 Å². The maximum absolute atomic E-state index is 12.1. The highest BCUT2D eigenvalue weighted by Crippen LogP contribution is 2.49. The van der Waals surface area contributed by atoms with Crippen molar-refractivity contribution in [2.45, 2.75) is 28.9 Å². The van der Waals surface area contributed by atoms with Crippen molar-refractivity contribution in [2.24, 2.45) is 11.8 Å². The molecule has 1 aromatic carbocycles. The van der Waals surface area contributed by atoms with Gasteiger partial charge in [-0.15, -0.1) is 11.3 Å². The molecule has 2 aromatic rings. The highest BCUT2D eigenvalue weighted by atomic mass is 32.2. The van der Waals surface area contributed by atoms with Gasteiger partial charge in [-0.05, 0) is 37.3 Å². The Kier molecular flexibility index (Phi) is 2.49. The average Bonchev–Trinajstić information content (AvgIpc) is 3.05. The van der Waals surface area contributed by atoms with E-state index in [1.807, 2.05) is 18.2 Å². The normalized spacial score (nSPS) is 30.4. The molecule has 18 heavy (non-hydrogen) atoms. The molecule has 2 aliphatic carbocycles. The second-order valence-corrected chi connectivity index (χ2v) is 7.58.